The zero-order valence-electron chi connectivity index (χ0n) is 14.4. The number of hydrogen-bond donors (Lipinski definition) is 2. The Hall–Kier alpha value is -1.93. The van der Waals surface area contributed by atoms with Gasteiger partial charge < -0.3 is 20.1 Å². The van der Waals surface area contributed by atoms with Crippen LogP contribution < -0.4 is 10.6 Å². The summed E-state index contributed by atoms with van der Waals surface area (Å²) >= 11 is 0. The normalized spacial score (nSPS) is 23.8. The van der Waals surface area contributed by atoms with Gasteiger partial charge in [0.2, 0.25) is 5.82 Å². The highest BCUT2D eigenvalue weighted by Gasteiger charge is 2.20. The Morgan fingerprint density at radius 2 is 1.72 bits per heavy atom. The van der Waals surface area contributed by atoms with Crippen molar-refractivity contribution in [2.45, 2.75) is 25.7 Å². The molecule has 3 heterocycles. The molecular weight excluding hydrogens is 324 g/mol. The lowest BCUT2D eigenvalue weighted by Gasteiger charge is -2.23. The number of nitrogens with one attached hydrogen (secondary N) is 2. The monoisotopic (exact) mass is 350 g/mol. The quantitative estimate of drug-likeness (QED) is 0.576. The minimum absolute atomic E-state index is 0.00303. The number of anilines is 2. The summed E-state index contributed by atoms with van der Waals surface area (Å²) in [5.74, 6) is 1.80. The number of nitrogens with zero attached hydrogens (tertiary/aromatic N) is 2. The lowest BCUT2D eigenvalue weighted by Crippen LogP contribution is -2.25. The van der Waals surface area contributed by atoms with Crippen molar-refractivity contribution in [2.75, 3.05) is 50.2 Å². The van der Waals surface area contributed by atoms with Gasteiger partial charge in [-0.05, 0) is 43.6 Å². The van der Waals surface area contributed by atoms with Gasteiger partial charge in [0, 0.05) is 32.4 Å². The van der Waals surface area contributed by atoms with Crippen molar-refractivity contribution >= 4 is 17.3 Å². The lowest BCUT2D eigenvalue weighted by molar-refractivity contribution is -0.384. The van der Waals surface area contributed by atoms with Gasteiger partial charge in [0.15, 0.2) is 0 Å². The molecule has 2 atom stereocenters. The molecule has 2 saturated heterocycles. The van der Waals surface area contributed by atoms with Crippen LogP contribution in [-0.4, -0.2) is 49.4 Å². The van der Waals surface area contributed by atoms with Crippen molar-refractivity contribution in [1.29, 1.82) is 0 Å². The molecule has 1 aromatic heterocycles. The first kappa shape index (κ1) is 17.9. The smallest absolute Gasteiger partial charge is 0.311 e. The Kier molecular flexibility index (Phi) is 6.41. The number of ether oxygens (including phenoxy) is 2. The summed E-state index contributed by atoms with van der Waals surface area (Å²) in [7, 11) is 0. The van der Waals surface area contributed by atoms with Crippen LogP contribution in [0.5, 0.6) is 0 Å². The van der Waals surface area contributed by atoms with Gasteiger partial charge >= 0.3 is 5.69 Å². The van der Waals surface area contributed by atoms with E-state index in [0.717, 1.165) is 52.0 Å². The Bertz CT molecular complexity index is 572. The van der Waals surface area contributed by atoms with Crippen molar-refractivity contribution in [3.8, 4) is 0 Å². The second kappa shape index (κ2) is 8.96. The average Bonchev–Trinajstić information content (AvgIpc) is 2.66. The fourth-order valence-electron chi connectivity index (χ4n) is 3.25. The van der Waals surface area contributed by atoms with Gasteiger partial charge in [-0.3, -0.25) is 10.1 Å². The van der Waals surface area contributed by atoms with E-state index >= 15 is 0 Å². The highest BCUT2D eigenvalue weighted by atomic mass is 16.6. The van der Waals surface area contributed by atoms with E-state index in [0.29, 0.717) is 36.6 Å². The molecule has 2 fully saturated rings. The molecule has 1 aromatic rings. The summed E-state index contributed by atoms with van der Waals surface area (Å²) < 4.78 is 10.9. The standard InChI is InChI=1S/C17H26N4O4/c22-21(23)15-5-6-16(18-9-13-3-1-7-24-11-13)20-17(15)19-10-14-4-2-8-25-12-14/h5-6,13-14H,1-4,7-12H2,(H2,18,19,20). The van der Waals surface area contributed by atoms with E-state index in [9.17, 15) is 10.1 Å². The Morgan fingerprint density at radius 1 is 1.08 bits per heavy atom. The zero-order valence-corrected chi connectivity index (χ0v) is 14.4. The minimum Gasteiger partial charge on any atom is -0.381 e. The van der Waals surface area contributed by atoms with Crippen LogP contribution in [0.4, 0.5) is 17.3 Å². The van der Waals surface area contributed by atoms with Crippen LogP contribution in [0, 0.1) is 22.0 Å². The van der Waals surface area contributed by atoms with Gasteiger partial charge in [-0.25, -0.2) is 4.98 Å². The fraction of sp³-hybridized carbons (Fsp3) is 0.706. The van der Waals surface area contributed by atoms with Crippen LogP contribution in [-0.2, 0) is 9.47 Å². The maximum absolute atomic E-state index is 11.3. The molecule has 0 aliphatic carbocycles. The van der Waals surface area contributed by atoms with Crippen molar-refractivity contribution in [2.24, 2.45) is 11.8 Å². The third kappa shape index (κ3) is 5.27. The molecule has 138 valence electrons. The maximum atomic E-state index is 11.3. The van der Waals surface area contributed by atoms with Crippen LogP contribution in [0.2, 0.25) is 0 Å². The van der Waals surface area contributed by atoms with E-state index in [1.165, 1.54) is 6.07 Å². The summed E-state index contributed by atoms with van der Waals surface area (Å²) in [6, 6.07) is 3.17. The van der Waals surface area contributed by atoms with Crippen LogP contribution >= 0.6 is 0 Å². The van der Waals surface area contributed by atoms with E-state index in [2.05, 4.69) is 15.6 Å². The van der Waals surface area contributed by atoms with E-state index in [4.69, 9.17) is 9.47 Å². The molecule has 0 radical (unpaired) electrons. The summed E-state index contributed by atoms with van der Waals surface area (Å²) in [4.78, 5) is 15.3. The van der Waals surface area contributed by atoms with Crippen LogP contribution in [0.25, 0.3) is 0 Å². The molecule has 8 heteroatoms. The van der Waals surface area contributed by atoms with Gasteiger partial charge in [0.25, 0.3) is 0 Å². The first-order chi connectivity index (χ1) is 12.2. The predicted molar refractivity (Wildman–Crippen MR) is 95.0 cm³/mol. The lowest BCUT2D eigenvalue weighted by atomic mass is 10.0. The average molecular weight is 350 g/mol. The van der Waals surface area contributed by atoms with E-state index in [1.54, 1.807) is 6.07 Å². The molecule has 25 heavy (non-hydrogen) atoms. The van der Waals surface area contributed by atoms with Gasteiger partial charge in [0.1, 0.15) is 5.82 Å². The molecule has 0 saturated carbocycles. The second-order valence-electron chi connectivity index (χ2n) is 6.75. The van der Waals surface area contributed by atoms with Gasteiger partial charge in [0.05, 0.1) is 18.1 Å². The van der Waals surface area contributed by atoms with E-state index in [-0.39, 0.29) is 5.69 Å². The predicted octanol–water partition coefficient (Wildman–Crippen LogP) is 2.67. The van der Waals surface area contributed by atoms with Crippen LogP contribution in [0.3, 0.4) is 0 Å². The maximum Gasteiger partial charge on any atom is 0.311 e. The molecule has 3 rings (SSSR count). The van der Waals surface area contributed by atoms with E-state index < -0.39 is 4.92 Å². The Labute approximate surface area is 147 Å². The number of hydrogen-bond acceptors (Lipinski definition) is 7. The largest absolute Gasteiger partial charge is 0.381 e. The molecule has 2 aliphatic rings. The molecule has 8 nitrogen and oxygen atoms in total. The Balaban J connectivity index is 1.60. The molecule has 0 aromatic carbocycles. The first-order valence-electron chi connectivity index (χ1n) is 9.01. The number of aromatic nitrogens is 1. The molecule has 0 bridgehead atoms. The van der Waals surface area contributed by atoms with Gasteiger partial charge in [-0.15, -0.1) is 0 Å². The van der Waals surface area contributed by atoms with E-state index in [1.807, 2.05) is 0 Å². The number of pyridine rings is 1. The first-order valence-corrected chi connectivity index (χ1v) is 9.01. The molecule has 0 amide bonds. The van der Waals surface area contributed by atoms with Gasteiger partial charge in [-0.2, -0.15) is 0 Å². The molecular formula is C17H26N4O4. The molecule has 2 unspecified atom stereocenters. The van der Waals surface area contributed by atoms with Crippen LogP contribution in [0.1, 0.15) is 25.7 Å². The highest BCUT2D eigenvalue weighted by molar-refractivity contribution is 5.60. The molecule has 2 aliphatic heterocycles. The summed E-state index contributed by atoms with van der Waals surface area (Å²) in [6.45, 7) is 4.49. The number of nitro groups is 1. The molecule has 0 spiro atoms. The topological polar surface area (TPSA) is 98.6 Å². The zero-order chi connectivity index (χ0) is 17.5. The van der Waals surface area contributed by atoms with Gasteiger partial charge in [-0.1, -0.05) is 0 Å². The Morgan fingerprint density at radius 3 is 2.28 bits per heavy atom. The summed E-state index contributed by atoms with van der Waals surface area (Å²) in [5, 5.41) is 17.7. The fourth-order valence-corrected chi connectivity index (χ4v) is 3.25. The third-order valence-corrected chi connectivity index (χ3v) is 4.71. The second-order valence-corrected chi connectivity index (χ2v) is 6.75. The van der Waals surface area contributed by atoms with Crippen molar-refractivity contribution < 1.29 is 14.4 Å². The minimum atomic E-state index is -0.397. The summed E-state index contributed by atoms with van der Waals surface area (Å²) in [6.07, 6.45) is 4.32. The highest BCUT2D eigenvalue weighted by Crippen LogP contribution is 2.25. The van der Waals surface area contributed by atoms with Crippen molar-refractivity contribution in [3.63, 3.8) is 0 Å². The number of rotatable bonds is 7. The molecule has 2 N–H and O–H groups in total. The van der Waals surface area contributed by atoms with Crippen molar-refractivity contribution in [1.82, 2.24) is 4.98 Å². The summed E-state index contributed by atoms with van der Waals surface area (Å²) in [5.41, 5.74) is 0.00303. The third-order valence-electron chi connectivity index (χ3n) is 4.71. The SMILES string of the molecule is O=[N+]([O-])c1ccc(NCC2CCCOC2)nc1NCC1CCCOC1. The van der Waals surface area contributed by atoms with Crippen molar-refractivity contribution in [3.05, 3.63) is 22.2 Å². The van der Waals surface area contributed by atoms with Crippen LogP contribution in [0.15, 0.2) is 12.1 Å².